The number of aliphatic carboxylic acids is 1. The molecule has 0 aromatic rings. The lowest BCUT2D eigenvalue weighted by Crippen LogP contribution is -2.67. The quantitative estimate of drug-likeness (QED) is 0.165. The van der Waals surface area contributed by atoms with E-state index in [-0.39, 0.29) is 64.8 Å². The maximum Gasteiger partial charge on any atom is 0.339 e. The minimum atomic E-state index is -1.18. The molecule has 6 aliphatic rings. The van der Waals surface area contributed by atoms with Crippen LogP contribution in [0.2, 0.25) is 0 Å². The van der Waals surface area contributed by atoms with Crippen LogP contribution < -0.4 is 0 Å². The van der Waals surface area contributed by atoms with Crippen molar-refractivity contribution in [3.63, 3.8) is 0 Å². The number of carboxylic acids is 1. The summed E-state index contributed by atoms with van der Waals surface area (Å²) in [4.78, 5) is 69.6. The number of fused-ring (bicyclic) bond motifs is 7. The molecule has 10 atom stereocenters. The van der Waals surface area contributed by atoms with E-state index in [1.807, 2.05) is 0 Å². The van der Waals surface area contributed by atoms with E-state index in [0.29, 0.717) is 24.7 Å². The van der Waals surface area contributed by atoms with Crippen LogP contribution in [0.1, 0.15) is 139 Å². The van der Waals surface area contributed by atoms with Gasteiger partial charge in [-0.25, -0.2) is 4.79 Å². The lowest BCUT2D eigenvalue weighted by atomic mass is 9.32. The van der Waals surface area contributed by atoms with Crippen LogP contribution in [-0.2, 0) is 33.5 Å². The van der Waals surface area contributed by atoms with Crippen molar-refractivity contribution in [3.05, 3.63) is 12.2 Å². The van der Waals surface area contributed by atoms with Crippen LogP contribution in [0.15, 0.2) is 12.2 Å². The second kappa shape index (κ2) is 11.7. The van der Waals surface area contributed by atoms with Crippen molar-refractivity contribution in [2.24, 2.45) is 62.1 Å². The number of carbonyl (C=O) groups excluding carboxylic acids is 4. The van der Waals surface area contributed by atoms with Gasteiger partial charge in [0.15, 0.2) is 0 Å². The van der Waals surface area contributed by atoms with Gasteiger partial charge in [-0.1, -0.05) is 46.8 Å². The second-order valence-electron chi connectivity index (χ2n) is 19.0. The predicted octanol–water partition coefficient (Wildman–Crippen LogP) is 7.66. The van der Waals surface area contributed by atoms with Crippen LogP contribution >= 0.6 is 0 Å². The number of rotatable bonds is 7. The Labute approximate surface area is 292 Å². The zero-order valence-corrected chi connectivity index (χ0v) is 31.1. The fourth-order valence-electron chi connectivity index (χ4n) is 13.2. The van der Waals surface area contributed by atoms with Gasteiger partial charge in [0.2, 0.25) is 0 Å². The lowest BCUT2D eigenvalue weighted by Gasteiger charge is -2.72. The maximum absolute atomic E-state index is 14.2. The monoisotopic (exact) mass is 681 g/mol. The summed E-state index contributed by atoms with van der Waals surface area (Å²) >= 11 is 0. The highest BCUT2D eigenvalue weighted by molar-refractivity contribution is 6.01. The Balaban J connectivity index is 1.27. The van der Waals surface area contributed by atoms with E-state index in [9.17, 15) is 29.1 Å². The number of hydroxylamine groups is 2. The number of hydrogen-bond donors (Lipinski definition) is 1. The van der Waals surface area contributed by atoms with Gasteiger partial charge in [-0.05, 0) is 131 Å². The van der Waals surface area contributed by atoms with E-state index in [1.54, 1.807) is 13.8 Å². The third-order valence-electron chi connectivity index (χ3n) is 16.0. The number of imide groups is 1. The van der Waals surface area contributed by atoms with Gasteiger partial charge < -0.3 is 14.7 Å². The minimum Gasteiger partial charge on any atom is -0.481 e. The Hall–Kier alpha value is -2.71. The number of carbonyl (C=O) groups is 5. The van der Waals surface area contributed by atoms with Crippen molar-refractivity contribution in [1.29, 1.82) is 0 Å². The highest BCUT2D eigenvalue weighted by Gasteiger charge is 2.72. The van der Waals surface area contributed by atoms with Gasteiger partial charge >= 0.3 is 17.9 Å². The molecule has 0 aromatic carbocycles. The molecule has 6 fully saturated rings. The molecule has 0 spiro atoms. The zero-order valence-electron chi connectivity index (χ0n) is 31.1. The first-order valence-electron chi connectivity index (χ1n) is 18.8. The smallest absolute Gasteiger partial charge is 0.339 e. The van der Waals surface area contributed by atoms with Gasteiger partial charge in [0.05, 0.1) is 17.3 Å². The van der Waals surface area contributed by atoms with Gasteiger partial charge in [-0.3, -0.25) is 19.2 Å². The highest BCUT2D eigenvalue weighted by Crippen LogP contribution is 2.77. The van der Waals surface area contributed by atoms with Crippen LogP contribution in [0.25, 0.3) is 0 Å². The first-order valence-corrected chi connectivity index (χ1v) is 18.8. The maximum atomic E-state index is 14.2. The number of nitrogens with zero attached hydrogens (tertiary/aromatic N) is 1. The van der Waals surface area contributed by atoms with E-state index in [2.05, 4.69) is 48.1 Å². The molecule has 1 saturated heterocycles. The van der Waals surface area contributed by atoms with E-state index < -0.39 is 40.6 Å². The van der Waals surface area contributed by atoms with E-state index >= 15 is 0 Å². The average molecular weight is 682 g/mol. The van der Waals surface area contributed by atoms with Crippen LogP contribution in [0.5, 0.6) is 0 Å². The molecule has 272 valence electrons. The number of esters is 1. The first kappa shape index (κ1) is 36.1. The summed E-state index contributed by atoms with van der Waals surface area (Å²) in [6.45, 7) is 21.6. The Morgan fingerprint density at radius 3 is 2.12 bits per heavy atom. The van der Waals surface area contributed by atoms with Crippen molar-refractivity contribution in [2.75, 3.05) is 0 Å². The molecule has 6 rings (SSSR count). The number of carboxylic acid groups (broad SMARTS) is 1. The summed E-state index contributed by atoms with van der Waals surface area (Å²) in [5, 5.41) is 10.3. The molecule has 1 N–H and O–H groups in total. The minimum absolute atomic E-state index is 0.0223. The van der Waals surface area contributed by atoms with Crippen molar-refractivity contribution in [1.82, 2.24) is 5.06 Å². The van der Waals surface area contributed by atoms with Crippen molar-refractivity contribution >= 4 is 29.7 Å². The molecule has 0 aromatic heterocycles. The summed E-state index contributed by atoms with van der Waals surface area (Å²) < 4.78 is 6.13. The fraction of sp³-hybridized carbons (Fsp3) is 0.825. The Kier molecular flexibility index (Phi) is 8.59. The van der Waals surface area contributed by atoms with Crippen LogP contribution in [0, 0.1) is 62.1 Å². The molecule has 5 saturated carbocycles. The summed E-state index contributed by atoms with van der Waals surface area (Å²) in [7, 11) is 0. The van der Waals surface area contributed by atoms with Gasteiger partial charge in [0, 0.05) is 18.3 Å². The molecular formula is C40H59NO8. The molecule has 1 heterocycles. The highest BCUT2D eigenvalue weighted by atomic mass is 16.7. The Bertz CT molecular complexity index is 1450. The topological polar surface area (TPSA) is 127 Å². The summed E-state index contributed by atoms with van der Waals surface area (Å²) in [5.74, 6) is -1.38. The van der Waals surface area contributed by atoms with Crippen LogP contribution in [0.4, 0.5) is 0 Å². The largest absolute Gasteiger partial charge is 0.481 e. The van der Waals surface area contributed by atoms with Gasteiger partial charge in [0.1, 0.15) is 6.10 Å². The fourth-order valence-corrected chi connectivity index (χ4v) is 13.2. The summed E-state index contributed by atoms with van der Waals surface area (Å²) in [6.07, 6.45) is 8.74. The van der Waals surface area contributed by atoms with Crippen molar-refractivity contribution < 1.29 is 38.7 Å². The number of hydrogen-bond acceptors (Lipinski definition) is 7. The predicted molar refractivity (Wildman–Crippen MR) is 182 cm³/mol. The normalized spacial score (nSPS) is 42.7. The van der Waals surface area contributed by atoms with Crippen LogP contribution in [-0.4, -0.2) is 46.0 Å². The molecule has 2 amide bonds. The first-order chi connectivity index (χ1) is 22.7. The third kappa shape index (κ3) is 5.16. The average Bonchev–Trinajstić information content (AvgIpc) is 3.55. The second-order valence-corrected chi connectivity index (χ2v) is 19.0. The molecule has 49 heavy (non-hydrogen) atoms. The zero-order chi connectivity index (χ0) is 36.1. The molecule has 9 heteroatoms. The van der Waals surface area contributed by atoms with E-state index in [1.165, 1.54) is 0 Å². The van der Waals surface area contributed by atoms with Gasteiger partial charge in [-0.15, -0.1) is 5.06 Å². The standard InChI is InChI=1S/C40H59NO8/c1-23(2)24-14-19-40(34(47)49-41-29(42)12-13-30(41)43)21-20-38(8)25(32(24)40)10-11-27-37(7)17-16-28(48-31(44)22-35(3,4)33(45)46)36(5,6)26(37)15-18-39(27,38)9/h24-28,32H,1,10-22H2,2-9H3,(H,45,46)/t24-,25+,26-,27+,28-,32+,37-,38+,39+,40-/m0/s1. The Morgan fingerprint density at radius 2 is 1.51 bits per heavy atom. The number of amides is 2. The van der Waals surface area contributed by atoms with Crippen LogP contribution in [0.3, 0.4) is 0 Å². The molecular weight excluding hydrogens is 622 g/mol. The molecule has 9 nitrogen and oxygen atoms in total. The number of allylic oxidation sites excluding steroid dienone is 1. The molecule has 0 unspecified atom stereocenters. The molecule has 0 radical (unpaired) electrons. The SMILES string of the molecule is C=C(C)[C@@H]1CC[C@]2(C(=O)ON3C(=O)CCC3=O)CC[C@]3(C)[C@H](CC[C@@H]4[C@@]5(C)CC[C@H](OC(=O)CC(C)(C)C(=O)O)C(C)(C)[C@@H]5CC[C@]43C)[C@@H]12. The van der Waals surface area contributed by atoms with Crippen molar-refractivity contribution in [3.8, 4) is 0 Å². The van der Waals surface area contributed by atoms with E-state index in [0.717, 1.165) is 62.0 Å². The summed E-state index contributed by atoms with van der Waals surface area (Å²) in [6, 6.07) is 0. The van der Waals surface area contributed by atoms with Gasteiger partial charge in [0.25, 0.3) is 11.8 Å². The molecule has 5 aliphatic carbocycles. The third-order valence-corrected chi connectivity index (χ3v) is 16.0. The summed E-state index contributed by atoms with van der Waals surface area (Å²) in [5.41, 5.74) is -1.02. The lowest BCUT2D eigenvalue weighted by molar-refractivity contribution is -0.254. The molecule has 1 aliphatic heterocycles. The number of ether oxygens (including phenoxy) is 1. The Morgan fingerprint density at radius 1 is 0.857 bits per heavy atom. The van der Waals surface area contributed by atoms with Gasteiger partial charge in [-0.2, -0.15) is 0 Å². The van der Waals surface area contributed by atoms with Crippen molar-refractivity contribution in [2.45, 2.75) is 145 Å². The van der Waals surface area contributed by atoms with E-state index in [4.69, 9.17) is 9.57 Å². The molecule has 0 bridgehead atoms.